The first-order chi connectivity index (χ1) is 29.1. The molecular weight excluding hydrogens is 751 g/mol. The van der Waals surface area contributed by atoms with Crippen molar-refractivity contribution in [3.05, 3.63) is 60.8 Å². The van der Waals surface area contributed by atoms with E-state index in [-0.39, 0.29) is 49.1 Å². The van der Waals surface area contributed by atoms with E-state index in [0.717, 1.165) is 57.8 Å². The number of nitrogens with zero attached hydrogens (tertiary/aromatic N) is 1. The molecule has 0 aromatic heterocycles. The standard InChI is InChI=1S/C52H91NO7/c1-6-8-10-12-14-16-18-20-22-23-24-25-26-27-29-31-33-35-37-39-41-43-51(55)60-48(46-58-45-44-49(52(56)57)53(3,4)5)47-59-50(54)42-40-38-36-34-32-30-28-21-19-17-15-13-11-9-7-2/h14,16,20,22,24-25,27,29,33,35,48-49H,6-13,15,17-19,21,23,26,28,30-32,34,36-47H2,1-5H3/b16-14+,22-20+,25-24+,29-27+,35-33+. The lowest BCUT2D eigenvalue weighted by Gasteiger charge is -2.34. The van der Waals surface area contributed by atoms with Crippen molar-refractivity contribution in [3.8, 4) is 0 Å². The number of carboxylic acid groups (broad SMARTS) is 1. The molecule has 0 N–H and O–H groups in total. The Balaban J connectivity index is 4.38. The van der Waals surface area contributed by atoms with Crippen molar-refractivity contribution in [1.82, 2.24) is 0 Å². The van der Waals surface area contributed by atoms with E-state index < -0.39 is 18.1 Å². The fourth-order valence-electron chi connectivity index (χ4n) is 6.85. The number of carboxylic acids is 1. The van der Waals surface area contributed by atoms with Crippen LogP contribution in [0, 0.1) is 0 Å². The number of likely N-dealkylation sites (N-methyl/N-ethyl adjacent to an activating group) is 1. The summed E-state index contributed by atoms with van der Waals surface area (Å²) in [5.74, 6) is -1.79. The molecule has 0 radical (unpaired) electrons. The lowest BCUT2D eigenvalue weighted by Crippen LogP contribution is -2.55. The summed E-state index contributed by atoms with van der Waals surface area (Å²) < 4.78 is 17.2. The minimum atomic E-state index is -1.13. The Kier molecular flexibility index (Phi) is 40.6. The summed E-state index contributed by atoms with van der Waals surface area (Å²) in [6, 6.07) is -0.735. The summed E-state index contributed by atoms with van der Waals surface area (Å²) in [5, 5.41) is 11.6. The van der Waals surface area contributed by atoms with Gasteiger partial charge in [-0.2, -0.15) is 0 Å². The van der Waals surface area contributed by atoms with Crippen LogP contribution in [-0.4, -0.2) is 75.5 Å². The molecule has 346 valence electrons. The van der Waals surface area contributed by atoms with Crippen molar-refractivity contribution in [2.24, 2.45) is 0 Å². The molecule has 60 heavy (non-hydrogen) atoms. The molecule has 0 aliphatic carbocycles. The molecule has 8 nitrogen and oxygen atoms in total. The van der Waals surface area contributed by atoms with Crippen LogP contribution in [-0.2, 0) is 28.6 Å². The predicted molar refractivity (Wildman–Crippen MR) is 249 cm³/mol. The zero-order chi connectivity index (χ0) is 44.2. The molecule has 8 heteroatoms. The Morgan fingerprint density at radius 1 is 0.500 bits per heavy atom. The highest BCUT2D eigenvalue weighted by atomic mass is 16.6. The van der Waals surface area contributed by atoms with Crippen molar-refractivity contribution >= 4 is 17.9 Å². The van der Waals surface area contributed by atoms with Gasteiger partial charge >= 0.3 is 11.9 Å². The Morgan fingerprint density at radius 2 is 0.883 bits per heavy atom. The van der Waals surface area contributed by atoms with Crippen LogP contribution < -0.4 is 5.11 Å². The van der Waals surface area contributed by atoms with Gasteiger partial charge in [-0.25, -0.2) is 0 Å². The lowest BCUT2D eigenvalue weighted by molar-refractivity contribution is -0.889. The van der Waals surface area contributed by atoms with E-state index >= 15 is 0 Å². The average molecular weight is 842 g/mol. The van der Waals surface area contributed by atoms with Gasteiger partial charge in [0, 0.05) is 19.3 Å². The minimum absolute atomic E-state index is 0.0229. The third kappa shape index (κ3) is 40.4. The molecule has 2 atom stereocenters. The van der Waals surface area contributed by atoms with Gasteiger partial charge in [-0.05, 0) is 64.2 Å². The van der Waals surface area contributed by atoms with Gasteiger partial charge in [0.2, 0.25) is 0 Å². The number of hydrogen-bond acceptors (Lipinski definition) is 7. The molecule has 2 unspecified atom stereocenters. The van der Waals surface area contributed by atoms with E-state index in [0.29, 0.717) is 12.8 Å². The Hall–Kier alpha value is -2.97. The normalized spacial score (nSPS) is 13.4. The Labute approximate surface area is 368 Å². The number of carbonyl (C=O) groups excluding carboxylic acids is 3. The summed E-state index contributed by atoms with van der Waals surface area (Å²) in [6.45, 7) is 4.60. The summed E-state index contributed by atoms with van der Waals surface area (Å²) in [5.41, 5.74) is 0. The third-order valence-corrected chi connectivity index (χ3v) is 10.7. The first-order valence-corrected chi connectivity index (χ1v) is 24.3. The zero-order valence-electron chi connectivity index (χ0n) is 39.4. The van der Waals surface area contributed by atoms with E-state index in [2.05, 4.69) is 74.6 Å². The molecular formula is C52H91NO7. The SMILES string of the molecule is CCCCC/C=C/C/C=C/C/C=C/C/C=C/C/C=C/CCCCC(=O)OC(COCCC(C(=O)[O-])[N+](C)(C)C)COC(=O)CCCCCCCCCCCCCCCCC. The van der Waals surface area contributed by atoms with Crippen LogP contribution in [0.4, 0.5) is 0 Å². The molecule has 0 heterocycles. The maximum absolute atomic E-state index is 12.7. The van der Waals surface area contributed by atoms with Gasteiger partial charge in [-0.15, -0.1) is 0 Å². The van der Waals surface area contributed by atoms with Gasteiger partial charge in [-0.1, -0.05) is 177 Å². The smallest absolute Gasteiger partial charge is 0.306 e. The summed E-state index contributed by atoms with van der Waals surface area (Å²) in [6.07, 6.45) is 52.5. The Bertz CT molecular complexity index is 1170. The van der Waals surface area contributed by atoms with Crippen LogP contribution in [0.25, 0.3) is 0 Å². The van der Waals surface area contributed by atoms with Gasteiger partial charge in [-0.3, -0.25) is 9.59 Å². The van der Waals surface area contributed by atoms with E-state index in [1.54, 1.807) is 21.1 Å². The highest BCUT2D eigenvalue weighted by Crippen LogP contribution is 2.15. The molecule has 0 saturated carbocycles. The third-order valence-electron chi connectivity index (χ3n) is 10.7. The molecule has 0 amide bonds. The second-order valence-corrected chi connectivity index (χ2v) is 17.4. The second kappa shape index (κ2) is 42.7. The van der Waals surface area contributed by atoms with Crippen LogP contribution in [0.2, 0.25) is 0 Å². The second-order valence-electron chi connectivity index (χ2n) is 17.4. The fourth-order valence-corrected chi connectivity index (χ4v) is 6.85. The van der Waals surface area contributed by atoms with E-state index in [1.165, 1.54) is 103 Å². The topological polar surface area (TPSA) is 102 Å². The monoisotopic (exact) mass is 842 g/mol. The molecule has 0 aliphatic heterocycles. The molecule has 0 fully saturated rings. The van der Waals surface area contributed by atoms with Gasteiger partial charge in [0.05, 0.1) is 40.3 Å². The molecule has 0 aliphatic rings. The van der Waals surface area contributed by atoms with Crippen LogP contribution in [0.1, 0.15) is 200 Å². The van der Waals surface area contributed by atoms with Gasteiger partial charge in [0.25, 0.3) is 0 Å². The maximum Gasteiger partial charge on any atom is 0.306 e. The highest BCUT2D eigenvalue weighted by Gasteiger charge is 2.25. The highest BCUT2D eigenvalue weighted by molar-refractivity contribution is 5.70. The van der Waals surface area contributed by atoms with Crippen LogP contribution in [0.5, 0.6) is 0 Å². The summed E-state index contributed by atoms with van der Waals surface area (Å²) >= 11 is 0. The summed E-state index contributed by atoms with van der Waals surface area (Å²) in [4.78, 5) is 36.9. The average Bonchev–Trinajstić information content (AvgIpc) is 3.21. The molecule has 0 rings (SSSR count). The quantitative estimate of drug-likeness (QED) is 0.0261. The predicted octanol–water partition coefficient (Wildman–Crippen LogP) is 12.4. The number of unbranched alkanes of at least 4 members (excludes halogenated alkanes) is 19. The fraction of sp³-hybridized carbons (Fsp3) is 0.750. The lowest BCUT2D eigenvalue weighted by atomic mass is 10.0. The largest absolute Gasteiger partial charge is 0.544 e. The molecule has 0 aromatic rings. The molecule has 0 bridgehead atoms. The number of esters is 2. The van der Waals surface area contributed by atoms with Crippen molar-refractivity contribution in [2.75, 3.05) is 41.0 Å². The van der Waals surface area contributed by atoms with Crippen molar-refractivity contribution < 1.29 is 38.2 Å². The minimum Gasteiger partial charge on any atom is -0.544 e. The number of ether oxygens (including phenoxy) is 3. The summed E-state index contributed by atoms with van der Waals surface area (Å²) in [7, 11) is 5.39. The molecule has 0 saturated heterocycles. The number of allylic oxidation sites excluding steroid dienone is 10. The van der Waals surface area contributed by atoms with Crippen molar-refractivity contribution in [2.45, 2.75) is 212 Å². The number of carbonyl (C=O) groups is 3. The van der Waals surface area contributed by atoms with Gasteiger partial charge < -0.3 is 28.6 Å². The van der Waals surface area contributed by atoms with Gasteiger partial charge in [0.15, 0.2) is 6.10 Å². The molecule has 0 aromatic carbocycles. The number of quaternary nitrogens is 1. The van der Waals surface area contributed by atoms with Crippen molar-refractivity contribution in [3.63, 3.8) is 0 Å². The maximum atomic E-state index is 12.7. The molecule has 0 spiro atoms. The van der Waals surface area contributed by atoms with Crippen molar-refractivity contribution in [1.29, 1.82) is 0 Å². The van der Waals surface area contributed by atoms with Crippen LogP contribution in [0.15, 0.2) is 60.8 Å². The number of hydrogen-bond donors (Lipinski definition) is 0. The number of aliphatic carboxylic acids is 1. The first kappa shape index (κ1) is 57.0. The zero-order valence-corrected chi connectivity index (χ0v) is 39.4. The van der Waals surface area contributed by atoms with Crippen LogP contribution in [0.3, 0.4) is 0 Å². The van der Waals surface area contributed by atoms with Crippen LogP contribution >= 0.6 is 0 Å². The Morgan fingerprint density at radius 3 is 1.33 bits per heavy atom. The first-order valence-electron chi connectivity index (χ1n) is 24.3. The van der Waals surface area contributed by atoms with Gasteiger partial charge in [0.1, 0.15) is 12.6 Å². The van der Waals surface area contributed by atoms with E-state index in [1.807, 2.05) is 0 Å². The van der Waals surface area contributed by atoms with E-state index in [9.17, 15) is 19.5 Å². The van der Waals surface area contributed by atoms with E-state index in [4.69, 9.17) is 14.2 Å². The number of rotatable bonds is 43.